The first kappa shape index (κ1) is 16.7. The molecule has 2 aliphatic rings. The molecule has 21 heavy (non-hydrogen) atoms. The normalized spacial score (nSPS) is 29.1. The highest BCUT2D eigenvalue weighted by Gasteiger charge is 2.44. The van der Waals surface area contributed by atoms with Crippen molar-refractivity contribution >= 4 is 22.4 Å². The lowest BCUT2D eigenvalue weighted by Crippen LogP contribution is -2.35. The van der Waals surface area contributed by atoms with E-state index in [2.05, 4.69) is 0 Å². The maximum absolute atomic E-state index is 12.4. The van der Waals surface area contributed by atoms with E-state index in [4.69, 9.17) is 5.73 Å². The Hall–Kier alpha value is -0.620. The molecule has 1 heterocycles. The number of nitrogens with two attached hydrogens (primary N) is 1. The number of nitrogens with zero attached hydrogens (tertiary/aromatic N) is 1. The number of hydrogen-bond acceptors (Lipinski definition) is 3. The first-order valence-electron chi connectivity index (χ1n) is 7.33. The van der Waals surface area contributed by atoms with Crippen LogP contribution in [-0.4, -0.2) is 37.6 Å². The lowest BCUT2D eigenvalue weighted by molar-refractivity contribution is 0.427. The van der Waals surface area contributed by atoms with E-state index in [1.54, 1.807) is 4.31 Å². The molecule has 1 aliphatic heterocycles. The second-order valence-corrected chi connectivity index (χ2v) is 8.12. The SMILES string of the molecule is Cl.NC1CCC2CN(S(=O)(=O)CCc3ccccc3)CC12. The van der Waals surface area contributed by atoms with E-state index < -0.39 is 10.0 Å². The quantitative estimate of drug-likeness (QED) is 0.913. The van der Waals surface area contributed by atoms with Crippen molar-refractivity contribution in [3.8, 4) is 0 Å². The van der Waals surface area contributed by atoms with Gasteiger partial charge in [0.1, 0.15) is 0 Å². The van der Waals surface area contributed by atoms with Crippen molar-refractivity contribution in [3.05, 3.63) is 35.9 Å². The highest BCUT2D eigenvalue weighted by molar-refractivity contribution is 7.89. The highest BCUT2D eigenvalue weighted by Crippen LogP contribution is 2.38. The third kappa shape index (κ3) is 3.59. The zero-order chi connectivity index (χ0) is 14.2. The monoisotopic (exact) mass is 330 g/mol. The third-order valence-electron chi connectivity index (χ3n) is 4.76. The van der Waals surface area contributed by atoms with E-state index in [0.29, 0.717) is 31.3 Å². The Bertz CT molecular complexity index is 564. The average molecular weight is 331 g/mol. The summed E-state index contributed by atoms with van der Waals surface area (Å²) in [6.07, 6.45) is 2.71. The van der Waals surface area contributed by atoms with Crippen LogP contribution in [0.3, 0.4) is 0 Å². The number of halogens is 1. The molecule has 1 saturated heterocycles. The van der Waals surface area contributed by atoms with Gasteiger partial charge in [0.25, 0.3) is 0 Å². The Morgan fingerprint density at radius 1 is 1.14 bits per heavy atom. The van der Waals surface area contributed by atoms with Gasteiger partial charge in [0, 0.05) is 19.1 Å². The van der Waals surface area contributed by atoms with E-state index in [0.717, 1.165) is 18.4 Å². The van der Waals surface area contributed by atoms with Crippen LogP contribution in [0.5, 0.6) is 0 Å². The van der Waals surface area contributed by atoms with Crippen LogP contribution in [0.1, 0.15) is 18.4 Å². The van der Waals surface area contributed by atoms with E-state index in [1.165, 1.54) is 0 Å². The molecule has 3 unspecified atom stereocenters. The fourth-order valence-electron chi connectivity index (χ4n) is 3.51. The number of hydrogen-bond donors (Lipinski definition) is 1. The summed E-state index contributed by atoms with van der Waals surface area (Å²) in [5.41, 5.74) is 7.15. The smallest absolute Gasteiger partial charge is 0.214 e. The summed E-state index contributed by atoms with van der Waals surface area (Å²) in [7, 11) is -3.15. The number of fused-ring (bicyclic) bond motifs is 1. The third-order valence-corrected chi connectivity index (χ3v) is 6.57. The van der Waals surface area contributed by atoms with Gasteiger partial charge in [-0.1, -0.05) is 30.3 Å². The van der Waals surface area contributed by atoms with Gasteiger partial charge in [-0.3, -0.25) is 0 Å². The van der Waals surface area contributed by atoms with Crippen molar-refractivity contribution in [3.63, 3.8) is 0 Å². The van der Waals surface area contributed by atoms with Crippen LogP contribution >= 0.6 is 12.4 Å². The number of sulfonamides is 1. The molecule has 3 rings (SSSR count). The van der Waals surface area contributed by atoms with Gasteiger partial charge in [0.2, 0.25) is 10.0 Å². The number of aryl methyl sites for hydroxylation is 1. The van der Waals surface area contributed by atoms with E-state index in [-0.39, 0.29) is 24.2 Å². The van der Waals surface area contributed by atoms with Crippen LogP contribution in [0.2, 0.25) is 0 Å². The van der Waals surface area contributed by atoms with Gasteiger partial charge in [0.15, 0.2) is 0 Å². The molecule has 6 heteroatoms. The molecule has 1 saturated carbocycles. The van der Waals surface area contributed by atoms with Crippen LogP contribution < -0.4 is 5.73 Å². The number of benzene rings is 1. The first-order chi connectivity index (χ1) is 9.56. The Balaban J connectivity index is 0.00000161. The molecule has 1 aromatic carbocycles. The van der Waals surface area contributed by atoms with Gasteiger partial charge in [-0.25, -0.2) is 12.7 Å². The summed E-state index contributed by atoms with van der Waals surface area (Å²) in [4.78, 5) is 0. The Morgan fingerprint density at radius 2 is 1.86 bits per heavy atom. The summed E-state index contributed by atoms with van der Waals surface area (Å²) in [6.45, 7) is 1.30. The van der Waals surface area contributed by atoms with E-state index in [1.807, 2.05) is 30.3 Å². The molecule has 4 nitrogen and oxygen atoms in total. The Morgan fingerprint density at radius 3 is 2.52 bits per heavy atom. The molecule has 2 N–H and O–H groups in total. The Labute approximate surface area is 133 Å². The predicted molar refractivity (Wildman–Crippen MR) is 86.9 cm³/mol. The molecule has 118 valence electrons. The van der Waals surface area contributed by atoms with Crippen molar-refractivity contribution in [2.45, 2.75) is 25.3 Å². The molecule has 0 aromatic heterocycles. The van der Waals surface area contributed by atoms with E-state index >= 15 is 0 Å². The van der Waals surface area contributed by atoms with Gasteiger partial charge in [0.05, 0.1) is 5.75 Å². The van der Waals surface area contributed by atoms with Gasteiger partial charge in [-0.05, 0) is 36.7 Å². The highest BCUT2D eigenvalue weighted by atomic mass is 35.5. The lowest BCUT2D eigenvalue weighted by atomic mass is 9.98. The Kier molecular flexibility index (Phi) is 5.30. The molecular weight excluding hydrogens is 308 g/mol. The summed E-state index contributed by atoms with van der Waals surface area (Å²) in [6, 6.07) is 9.98. The minimum atomic E-state index is -3.15. The standard InChI is InChI=1S/C15H22N2O2S.ClH/c16-15-7-6-13-10-17(11-14(13)15)20(18,19)9-8-12-4-2-1-3-5-12;/h1-5,13-15H,6-11,16H2;1H. The second-order valence-electron chi connectivity index (χ2n) is 6.03. The van der Waals surface area contributed by atoms with Crippen LogP contribution in [0.15, 0.2) is 30.3 Å². The zero-order valence-electron chi connectivity index (χ0n) is 12.0. The molecule has 0 bridgehead atoms. The van der Waals surface area contributed by atoms with Crippen LogP contribution in [0, 0.1) is 11.8 Å². The minimum Gasteiger partial charge on any atom is -0.327 e. The lowest BCUT2D eigenvalue weighted by Gasteiger charge is -2.18. The molecule has 0 spiro atoms. The summed E-state index contributed by atoms with van der Waals surface area (Å²) >= 11 is 0. The minimum absolute atomic E-state index is 0. The molecule has 1 aromatic rings. The van der Waals surface area contributed by atoms with Crippen molar-refractivity contribution in [1.82, 2.24) is 4.31 Å². The average Bonchev–Trinajstić information content (AvgIpc) is 3.01. The van der Waals surface area contributed by atoms with Crippen LogP contribution in [0.25, 0.3) is 0 Å². The number of rotatable bonds is 4. The van der Waals surface area contributed by atoms with Crippen molar-refractivity contribution < 1.29 is 8.42 Å². The summed E-state index contributed by atoms with van der Waals surface area (Å²) in [5, 5.41) is 0. The topological polar surface area (TPSA) is 63.4 Å². The molecule has 0 radical (unpaired) electrons. The van der Waals surface area contributed by atoms with Crippen molar-refractivity contribution in [2.24, 2.45) is 17.6 Å². The molecule has 3 atom stereocenters. The summed E-state index contributed by atoms with van der Waals surface area (Å²) in [5.74, 6) is 1.06. The maximum atomic E-state index is 12.4. The fraction of sp³-hybridized carbons (Fsp3) is 0.600. The zero-order valence-corrected chi connectivity index (χ0v) is 13.7. The van der Waals surface area contributed by atoms with Gasteiger partial charge in [-0.15, -0.1) is 12.4 Å². The van der Waals surface area contributed by atoms with Gasteiger partial charge >= 0.3 is 0 Å². The molecule has 0 amide bonds. The van der Waals surface area contributed by atoms with Crippen molar-refractivity contribution in [2.75, 3.05) is 18.8 Å². The van der Waals surface area contributed by atoms with Crippen LogP contribution in [-0.2, 0) is 16.4 Å². The van der Waals surface area contributed by atoms with Crippen LogP contribution in [0.4, 0.5) is 0 Å². The first-order valence-corrected chi connectivity index (χ1v) is 8.94. The van der Waals surface area contributed by atoms with Crippen molar-refractivity contribution in [1.29, 1.82) is 0 Å². The summed E-state index contributed by atoms with van der Waals surface area (Å²) < 4.78 is 26.5. The molecular formula is C15H23ClN2O2S. The molecule has 1 aliphatic carbocycles. The molecule has 2 fully saturated rings. The predicted octanol–water partition coefficient (Wildman–Crippen LogP) is 1.65. The maximum Gasteiger partial charge on any atom is 0.214 e. The van der Waals surface area contributed by atoms with E-state index in [9.17, 15) is 8.42 Å². The second kappa shape index (κ2) is 6.65. The fourth-order valence-corrected chi connectivity index (χ4v) is 5.08. The van der Waals surface area contributed by atoms with Gasteiger partial charge < -0.3 is 5.73 Å². The largest absolute Gasteiger partial charge is 0.327 e. The van der Waals surface area contributed by atoms with Gasteiger partial charge in [-0.2, -0.15) is 0 Å².